The Balaban J connectivity index is 2.25. The molecule has 0 saturated carbocycles. The maximum atomic E-state index is 12.9. The molecule has 208 valence electrons. The van der Waals surface area contributed by atoms with Gasteiger partial charge in [0, 0.05) is 54.3 Å². The molecule has 0 atom stereocenters. The molecule has 0 radical (unpaired) electrons. The van der Waals surface area contributed by atoms with E-state index in [2.05, 4.69) is 20.8 Å². The summed E-state index contributed by atoms with van der Waals surface area (Å²) in [5.41, 5.74) is 2.04. The lowest BCUT2D eigenvalue weighted by molar-refractivity contribution is 0.515. The Bertz CT molecular complexity index is 1230. The third kappa shape index (κ3) is 6.57. The molecule has 0 heterocycles. The number of rotatable bonds is 12. The van der Waals surface area contributed by atoms with E-state index >= 15 is 0 Å². The third-order valence-electron chi connectivity index (χ3n) is 7.02. The largest absolute Gasteiger partial charge is 0.544 e. The van der Waals surface area contributed by atoms with Crippen LogP contribution in [-0.2, 0) is 13.7 Å². The molecule has 9 heteroatoms. The normalized spacial score (nSPS) is 12.7. The molecule has 0 amide bonds. The van der Waals surface area contributed by atoms with Crippen LogP contribution in [0.3, 0.4) is 0 Å². The van der Waals surface area contributed by atoms with Gasteiger partial charge in [0.2, 0.25) is 8.32 Å². The standard InChI is InChI=1S/C29H42N2O4S2Si/c1-9-38(10-2,11-3)34-26-16-22-29(23-17-26)37(35-36(8,32)33,27-18-12-24(13-19-27)30(4)5)28-20-14-25(15-21-28)31(6)7/h12-23H,9-11H2,1-8H3. The van der Waals surface area contributed by atoms with Crippen molar-refractivity contribution in [3.63, 3.8) is 0 Å². The number of hydrogen-bond donors (Lipinski definition) is 0. The van der Waals surface area contributed by atoms with Gasteiger partial charge in [-0.1, -0.05) is 20.8 Å². The Morgan fingerprint density at radius 2 is 0.974 bits per heavy atom. The van der Waals surface area contributed by atoms with Crippen LogP contribution in [0.25, 0.3) is 0 Å². The minimum absolute atomic E-state index is 0.794. The minimum atomic E-state index is -3.84. The van der Waals surface area contributed by atoms with Gasteiger partial charge in [-0.25, -0.2) is 3.63 Å². The molecule has 0 saturated heterocycles. The van der Waals surface area contributed by atoms with Crippen LogP contribution in [0.5, 0.6) is 5.75 Å². The van der Waals surface area contributed by atoms with Crippen molar-refractivity contribution in [1.82, 2.24) is 0 Å². The summed E-state index contributed by atoms with van der Waals surface area (Å²) in [4.78, 5) is 6.43. The van der Waals surface area contributed by atoms with Crippen LogP contribution >= 0.6 is 10.3 Å². The molecule has 38 heavy (non-hydrogen) atoms. The lowest BCUT2D eigenvalue weighted by Crippen LogP contribution is -2.39. The summed E-state index contributed by atoms with van der Waals surface area (Å²) in [6.45, 7) is 6.62. The Morgan fingerprint density at radius 1 is 0.632 bits per heavy atom. The highest BCUT2D eigenvalue weighted by Gasteiger charge is 2.37. The van der Waals surface area contributed by atoms with Crippen LogP contribution in [0.4, 0.5) is 11.4 Å². The van der Waals surface area contributed by atoms with Crippen molar-refractivity contribution in [3.8, 4) is 5.75 Å². The second kappa shape index (κ2) is 12.2. The molecule has 3 aromatic carbocycles. The van der Waals surface area contributed by atoms with E-state index in [1.807, 2.05) is 111 Å². The van der Waals surface area contributed by atoms with Gasteiger partial charge >= 0.3 is 0 Å². The molecular weight excluding hydrogens is 533 g/mol. The minimum Gasteiger partial charge on any atom is -0.544 e. The van der Waals surface area contributed by atoms with Gasteiger partial charge < -0.3 is 14.2 Å². The second-order valence-electron chi connectivity index (χ2n) is 9.92. The van der Waals surface area contributed by atoms with E-state index in [4.69, 9.17) is 8.06 Å². The first-order chi connectivity index (χ1) is 17.9. The highest BCUT2D eigenvalue weighted by atomic mass is 32.3. The van der Waals surface area contributed by atoms with Crippen molar-refractivity contribution in [2.75, 3.05) is 44.2 Å². The molecule has 0 aliphatic heterocycles. The summed E-state index contributed by atoms with van der Waals surface area (Å²) in [5, 5.41) is 0. The van der Waals surface area contributed by atoms with E-state index in [0.29, 0.717) is 0 Å². The highest BCUT2D eigenvalue weighted by Crippen LogP contribution is 2.70. The van der Waals surface area contributed by atoms with Crippen LogP contribution < -0.4 is 14.2 Å². The van der Waals surface area contributed by atoms with Gasteiger partial charge in [0.15, 0.2) is 0 Å². The maximum Gasteiger partial charge on any atom is 0.274 e. The van der Waals surface area contributed by atoms with E-state index < -0.39 is 28.7 Å². The Hall–Kier alpha value is -2.46. The first-order valence-electron chi connectivity index (χ1n) is 13.0. The summed E-state index contributed by atoms with van der Waals surface area (Å²) >= 11 is 0. The second-order valence-corrected chi connectivity index (χ2v) is 19.1. The fourth-order valence-electron chi connectivity index (χ4n) is 4.50. The molecule has 3 rings (SSSR count). The molecule has 3 aromatic rings. The maximum absolute atomic E-state index is 12.9. The Labute approximate surface area is 232 Å². The number of hydrogen-bond acceptors (Lipinski definition) is 6. The number of benzene rings is 3. The zero-order valence-corrected chi connectivity index (χ0v) is 26.5. The molecule has 0 fully saturated rings. The van der Waals surface area contributed by atoms with Gasteiger partial charge in [0.25, 0.3) is 10.1 Å². The molecule has 0 N–H and O–H groups in total. The molecule has 0 aromatic heterocycles. The van der Waals surface area contributed by atoms with E-state index in [-0.39, 0.29) is 0 Å². The summed E-state index contributed by atoms with van der Waals surface area (Å²) in [5.74, 6) is 0.824. The zero-order chi connectivity index (χ0) is 28.1. The van der Waals surface area contributed by atoms with Crippen LogP contribution in [0.2, 0.25) is 18.1 Å². The smallest absolute Gasteiger partial charge is 0.274 e. The Kier molecular flexibility index (Phi) is 9.62. The van der Waals surface area contributed by atoms with Crippen molar-refractivity contribution < 1.29 is 16.5 Å². The van der Waals surface area contributed by atoms with Gasteiger partial charge in [-0.2, -0.15) is 8.42 Å². The first kappa shape index (κ1) is 30.1. The average Bonchev–Trinajstić information content (AvgIpc) is 2.90. The summed E-state index contributed by atoms with van der Waals surface area (Å²) in [7, 11) is -0.394. The monoisotopic (exact) mass is 574 g/mol. The van der Waals surface area contributed by atoms with Gasteiger partial charge in [-0.15, -0.1) is 0 Å². The topological polar surface area (TPSA) is 59.1 Å². The van der Waals surface area contributed by atoms with Gasteiger partial charge in [-0.05, 0) is 101 Å². The first-order valence-corrected chi connectivity index (χ1v) is 18.9. The quantitative estimate of drug-likeness (QED) is 0.210. The lowest BCUT2D eigenvalue weighted by atomic mass is 10.3. The molecular formula is C29H42N2O4S2Si. The van der Waals surface area contributed by atoms with Crippen molar-refractivity contribution in [1.29, 1.82) is 0 Å². The van der Waals surface area contributed by atoms with Crippen molar-refractivity contribution in [3.05, 3.63) is 72.8 Å². The van der Waals surface area contributed by atoms with Gasteiger partial charge in [0.05, 0.1) is 6.26 Å². The van der Waals surface area contributed by atoms with Gasteiger partial charge in [0.1, 0.15) is 5.75 Å². The zero-order valence-electron chi connectivity index (χ0n) is 23.9. The van der Waals surface area contributed by atoms with E-state index in [1.165, 1.54) is 0 Å². The van der Waals surface area contributed by atoms with E-state index in [1.54, 1.807) is 0 Å². The predicted molar refractivity (Wildman–Crippen MR) is 164 cm³/mol. The predicted octanol–water partition coefficient (Wildman–Crippen LogP) is 7.38. The molecule has 0 aliphatic rings. The Morgan fingerprint density at radius 3 is 1.26 bits per heavy atom. The van der Waals surface area contributed by atoms with E-state index in [0.717, 1.165) is 56.2 Å². The summed E-state index contributed by atoms with van der Waals surface area (Å²) < 4.78 is 38.5. The van der Waals surface area contributed by atoms with E-state index in [9.17, 15) is 8.42 Å². The molecule has 6 nitrogen and oxygen atoms in total. The fourth-order valence-corrected chi connectivity index (χ4v) is 11.9. The van der Waals surface area contributed by atoms with Crippen LogP contribution in [0.15, 0.2) is 87.5 Å². The van der Waals surface area contributed by atoms with Crippen LogP contribution in [0.1, 0.15) is 20.8 Å². The fraction of sp³-hybridized carbons (Fsp3) is 0.379. The third-order valence-corrected chi connectivity index (χ3v) is 16.2. The summed E-state index contributed by atoms with van der Waals surface area (Å²) in [6, 6.07) is 26.9. The SMILES string of the molecule is CC[Si](CC)(CC)Oc1ccc(S(OS(C)(=O)=O)(c2ccc(N(C)C)cc2)c2ccc(N(C)C)cc2)cc1. The van der Waals surface area contributed by atoms with Crippen LogP contribution in [-0.4, -0.2) is 51.2 Å². The van der Waals surface area contributed by atoms with Crippen LogP contribution in [0, 0.1) is 0 Å². The molecule has 0 unspecified atom stereocenters. The van der Waals surface area contributed by atoms with Crippen molar-refractivity contribution >= 4 is 40.1 Å². The number of anilines is 2. The summed E-state index contributed by atoms with van der Waals surface area (Å²) in [6.07, 6.45) is 1.12. The van der Waals surface area contributed by atoms with Crippen molar-refractivity contribution in [2.45, 2.75) is 53.6 Å². The van der Waals surface area contributed by atoms with Gasteiger partial charge in [-0.3, -0.25) is 0 Å². The molecule has 0 bridgehead atoms. The molecule has 0 aliphatic carbocycles. The highest BCUT2D eigenvalue weighted by molar-refractivity contribution is 8.33. The lowest BCUT2D eigenvalue weighted by Gasteiger charge is -2.39. The average molecular weight is 575 g/mol. The van der Waals surface area contributed by atoms with Crippen molar-refractivity contribution in [2.24, 2.45) is 0 Å². The molecule has 0 spiro atoms. The number of nitrogens with zero attached hydrogens (tertiary/aromatic N) is 2.